The highest BCUT2D eigenvalue weighted by molar-refractivity contribution is 7.47. The number of aliphatic hydroxyl groups is 1. The normalized spacial score (nSPS) is 14.5. The van der Waals surface area contributed by atoms with Crippen LogP contribution in [-0.2, 0) is 65.4 Å². The molecule has 0 aliphatic heterocycles. The van der Waals surface area contributed by atoms with Gasteiger partial charge in [0.1, 0.15) is 19.3 Å². The van der Waals surface area contributed by atoms with E-state index in [0.717, 1.165) is 120 Å². The molecule has 0 aliphatic rings. The van der Waals surface area contributed by atoms with Gasteiger partial charge in [0, 0.05) is 25.7 Å². The minimum atomic E-state index is -4.95. The molecule has 0 heterocycles. The Morgan fingerprint density at radius 1 is 0.304 bits per heavy atom. The second-order valence-electron chi connectivity index (χ2n) is 28.0. The van der Waals surface area contributed by atoms with Gasteiger partial charge < -0.3 is 33.8 Å². The molecule has 0 aromatic heterocycles. The van der Waals surface area contributed by atoms with Crippen LogP contribution in [0.3, 0.4) is 0 Å². The maximum atomic E-state index is 13.0. The summed E-state index contributed by atoms with van der Waals surface area (Å²) >= 11 is 0. The molecule has 0 rings (SSSR count). The first-order valence-electron chi connectivity index (χ1n) is 37.7. The van der Waals surface area contributed by atoms with Gasteiger partial charge in [-0.3, -0.25) is 37.3 Å². The lowest BCUT2D eigenvalue weighted by Gasteiger charge is -2.21. The summed E-state index contributed by atoms with van der Waals surface area (Å²) in [5.74, 6) is 0.891. The van der Waals surface area contributed by atoms with Gasteiger partial charge in [-0.05, 0) is 49.4 Å². The zero-order valence-corrected chi connectivity index (χ0v) is 62.0. The van der Waals surface area contributed by atoms with Crippen molar-refractivity contribution in [2.24, 2.45) is 23.7 Å². The number of phosphoric acid groups is 2. The van der Waals surface area contributed by atoms with Crippen molar-refractivity contribution in [3.63, 3.8) is 0 Å². The lowest BCUT2D eigenvalue weighted by molar-refractivity contribution is -0.161. The molecule has 0 amide bonds. The number of carbonyl (C=O) groups is 4. The highest BCUT2D eigenvalue weighted by Gasteiger charge is 2.30. The van der Waals surface area contributed by atoms with Crippen LogP contribution in [0.1, 0.15) is 364 Å². The number of hydrogen-bond acceptors (Lipinski definition) is 15. The van der Waals surface area contributed by atoms with Crippen molar-refractivity contribution in [2.75, 3.05) is 39.6 Å². The van der Waals surface area contributed by atoms with Gasteiger partial charge in [-0.15, -0.1) is 0 Å². The molecule has 0 saturated carbocycles. The Morgan fingerprint density at radius 3 is 0.772 bits per heavy atom. The van der Waals surface area contributed by atoms with E-state index in [4.69, 9.17) is 37.0 Å². The fraction of sp³-hybridized carbons (Fsp3) is 0.945. The summed E-state index contributed by atoms with van der Waals surface area (Å²) in [7, 11) is -9.91. The van der Waals surface area contributed by atoms with E-state index in [2.05, 4.69) is 55.4 Å². The predicted octanol–water partition coefficient (Wildman–Crippen LogP) is 20.9. The van der Waals surface area contributed by atoms with Gasteiger partial charge in [0.15, 0.2) is 12.2 Å². The van der Waals surface area contributed by atoms with Crippen LogP contribution in [0.15, 0.2) is 0 Å². The van der Waals surface area contributed by atoms with Crippen LogP contribution in [0.2, 0.25) is 0 Å². The molecule has 92 heavy (non-hydrogen) atoms. The SMILES string of the molecule is CCC(C)CCCCCCCCC(=O)OC[C@H](COP(=O)(O)OC[C@H](O)COP(=O)(O)OC[C@@H](COC(=O)CCCCCCCCCCCCCCC(C)C)OC(=O)CCCCCCCCCCC(C)C)OC(=O)CCCCCCCCCCCCCCCC(C)C. The molecule has 3 unspecified atom stereocenters. The fourth-order valence-corrected chi connectivity index (χ4v) is 12.6. The van der Waals surface area contributed by atoms with Gasteiger partial charge >= 0.3 is 39.5 Å². The summed E-state index contributed by atoms with van der Waals surface area (Å²) < 4.78 is 68.4. The average molecular weight is 1350 g/mol. The first-order valence-corrected chi connectivity index (χ1v) is 40.7. The van der Waals surface area contributed by atoms with Crippen LogP contribution in [0.4, 0.5) is 0 Å². The van der Waals surface area contributed by atoms with Crippen LogP contribution in [-0.4, -0.2) is 96.7 Å². The quantitative estimate of drug-likeness (QED) is 0.0222. The van der Waals surface area contributed by atoms with E-state index in [-0.39, 0.29) is 25.7 Å². The highest BCUT2D eigenvalue weighted by Crippen LogP contribution is 2.45. The molecule has 0 saturated heterocycles. The summed E-state index contributed by atoms with van der Waals surface area (Å²) in [5, 5.41) is 10.6. The average Bonchev–Trinajstić information content (AvgIpc) is 1.88. The van der Waals surface area contributed by atoms with Crippen LogP contribution >= 0.6 is 15.6 Å². The molecule has 0 aromatic rings. The number of unbranched alkanes of at least 4 members (excludes halogenated alkanes) is 35. The first-order chi connectivity index (χ1) is 44.1. The number of carbonyl (C=O) groups excluding carboxylic acids is 4. The van der Waals surface area contributed by atoms with Crippen molar-refractivity contribution >= 4 is 39.5 Å². The second kappa shape index (κ2) is 62.6. The van der Waals surface area contributed by atoms with Gasteiger partial charge in [0.05, 0.1) is 26.4 Å². The van der Waals surface area contributed by atoms with Gasteiger partial charge in [-0.1, -0.05) is 312 Å². The minimum absolute atomic E-state index is 0.104. The Balaban J connectivity index is 5.24. The predicted molar refractivity (Wildman–Crippen MR) is 372 cm³/mol. The van der Waals surface area contributed by atoms with E-state index in [0.29, 0.717) is 25.7 Å². The topological polar surface area (TPSA) is 237 Å². The van der Waals surface area contributed by atoms with Crippen molar-refractivity contribution in [2.45, 2.75) is 382 Å². The number of ether oxygens (including phenoxy) is 4. The van der Waals surface area contributed by atoms with E-state index in [1.165, 1.54) is 161 Å². The van der Waals surface area contributed by atoms with Gasteiger partial charge in [0.2, 0.25) is 0 Å². The Labute approximate surface area is 562 Å². The summed E-state index contributed by atoms with van der Waals surface area (Å²) in [5.41, 5.74) is 0. The molecule has 0 bridgehead atoms. The number of rotatable bonds is 70. The zero-order chi connectivity index (χ0) is 68.2. The van der Waals surface area contributed by atoms with Crippen LogP contribution in [0, 0.1) is 23.7 Å². The second-order valence-corrected chi connectivity index (χ2v) is 30.9. The molecular weight excluding hydrogens is 1210 g/mol. The third-order valence-electron chi connectivity index (χ3n) is 17.2. The van der Waals surface area contributed by atoms with Crippen molar-refractivity contribution in [1.29, 1.82) is 0 Å². The smallest absolute Gasteiger partial charge is 0.462 e. The highest BCUT2D eigenvalue weighted by atomic mass is 31.2. The third-order valence-corrected chi connectivity index (χ3v) is 19.1. The van der Waals surface area contributed by atoms with E-state index >= 15 is 0 Å². The van der Waals surface area contributed by atoms with Crippen molar-refractivity contribution in [1.82, 2.24) is 0 Å². The monoisotopic (exact) mass is 1350 g/mol. The molecule has 546 valence electrons. The molecule has 0 aliphatic carbocycles. The van der Waals surface area contributed by atoms with Crippen molar-refractivity contribution in [3.8, 4) is 0 Å². The third kappa shape index (κ3) is 65.4. The van der Waals surface area contributed by atoms with E-state index in [1.54, 1.807) is 0 Å². The standard InChI is InChI=1S/C73H142O17P2/c1-9-66(8)52-44-36-31-32-38-46-54-71(76)84-60-69(89-72(77)55-47-39-29-22-18-12-10-11-15-19-25-33-41-49-63(2)3)62-88-92(81,82)86-58-67(74)57-85-91(79,80)87-61-68(90-73(78)56-48-40-30-24-23-27-35-43-51-65(6)7)59-83-70(75)53-45-37-28-21-17-14-13-16-20-26-34-42-50-64(4)5/h63-69,74H,9-62H2,1-8H3,(H,79,80)(H,81,82)/t66?,67-,68-,69-/m1/s1. The number of hydrogen-bond donors (Lipinski definition) is 3. The maximum Gasteiger partial charge on any atom is 0.472 e. The lowest BCUT2D eigenvalue weighted by atomic mass is 10.00. The molecule has 19 heteroatoms. The number of esters is 4. The van der Waals surface area contributed by atoms with Gasteiger partial charge in [0.25, 0.3) is 0 Å². The summed E-state index contributed by atoms with van der Waals surface area (Å²) in [6, 6.07) is 0. The first kappa shape index (κ1) is 90.1. The summed E-state index contributed by atoms with van der Waals surface area (Å²) in [6.45, 7) is 14.1. The van der Waals surface area contributed by atoms with Gasteiger partial charge in [-0.25, -0.2) is 9.13 Å². The molecule has 0 fully saturated rings. The fourth-order valence-electron chi connectivity index (χ4n) is 11.0. The summed E-state index contributed by atoms with van der Waals surface area (Å²) in [6.07, 6.45) is 45.8. The number of aliphatic hydroxyl groups excluding tert-OH is 1. The molecule has 6 atom stereocenters. The van der Waals surface area contributed by atoms with E-state index in [9.17, 15) is 43.2 Å². The van der Waals surface area contributed by atoms with Crippen LogP contribution in [0.25, 0.3) is 0 Å². The number of phosphoric ester groups is 2. The molecule has 3 N–H and O–H groups in total. The minimum Gasteiger partial charge on any atom is -0.462 e. The summed E-state index contributed by atoms with van der Waals surface area (Å²) in [4.78, 5) is 72.7. The van der Waals surface area contributed by atoms with Crippen LogP contribution < -0.4 is 0 Å². The van der Waals surface area contributed by atoms with Gasteiger partial charge in [-0.2, -0.15) is 0 Å². The van der Waals surface area contributed by atoms with E-state index in [1.807, 2.05) is 0 Å². The van der Waals surface area contributed by atoms with Crippen LogP contribution in [0.5, 0.6) is 0 Å². The zero-order valence-electron chi connectivity index (χ0n) is 60.2. The molecule has 17 nitrogen and oxygen atoms in total. The Hall–Kier alpha value is -1.94. The van der Waals surface area contributed by atoms with E-state index < -0.39 is 97.5 Å². The largest absolute Gasteiger partial charge is 0.472 e. The Bertz CT molecular complexity index is 1820. The Kier molecular flexibility index (Phi) is 61.3. The Morgan fingerprint density at radius 2 is 0.522 bits per heavy atom. The van der Waals surface area contributed by atoms with Crippen molar-refractivity contribution in [3.05, 3.63) is 0 Å². The maximum absolute atomic E-state index is 13.0. The lowest BCUT2D eigenvalue weighted by Crippen LogP contribution is -2.30. The molecule has 0 aromatic carbocycles. The molecule has 0 radical (unpaired) electrons. The van der Waals surface area contributed by atoms with Crippen molar-refractivity contribution < 1.29 is 80.2 Å². The molecular formula is C73H142O17P2. The molecule has 0 spiro atoms.